The Hall–Kier alpha value is -2.17. The lowest BCUT2D eigenvalue weighted by Crippen LogP contribution is -2.44. The largest absolute Gasteiger partial charge is 0.384 e. The molecule has 1 saturated heterocycles. The van der Waals surface area contributed by atoms with Gasteiger partial charge < -0.3 is 15.4 Å². The molecular formula is C15H20N4O3. The number of nitrogens with one attached hydrogen (secondary N) is 2. The van der Waals surface area contributed by atoms with Crippen LogP contribution in [0, 0.1) is 26.9 Å². The van der Waals surface area contributed by atoms with Gasteiger partial charge in [-0.05, 0) is 38.1 Å². The molecule has 1 aromatic carbocycles. The summed E-state index contributed by atoms with van der Waals surface area (Å²) in [4.78, 5) is 10.5. The highest BCUT2D eigenvalue weighted by Crippen LogP contribution is 2.30. The summed E-state index contributed by atoms with van der Waals surface area (Å²) < 4.78 is 5.35. The van der Waals surface area contributed by atoms with E-state index in [9.17, 15) is 10.1 Å². The molecule has 0 spiro atoms. The number of hydrogen-bond acceptors (Lipinski definition) is 6. The Morgan fingerprint density at radius 2 is 2.23 bits per heavy atom. The van der Waals surface area contributed by atoms with Crippen molar-refractivity contribution in [2.75, 3.05) is 38.7 Å². The van der Waals surface area contributed by atoms with Gasteiger partial charge in [0.1, 0.15) is 11.6 Å². The number of piperidine rings is 1. The normalized spacial score (nSPS) is 16.7. The van der Waals surface area contributed by atoms with Gasteiger partial charge in [-0.3, -0.25) is 10.1 Å². The molecule has 118 valence electrons. The number of benzene rings is 1. The van der Waals surface area contributed by atoms with Crippen molar-refractivity contribution in [1.82, 2.24) is 5.32 Å². The van der Waals surface area contributed by atoms with Gasteiger partial charge in [0, 0.05) is 30.8 Å². The summed E-state index contributed by atoms with van der Waals surface area (Å²) in [5.41, 5.74) is 0.588. The molecule has 2 rings (SSSR count). The molecule has 1 heterocycles. The molecule has 0 aromatic heterocycles. The van der Waals surface area contributed by atoms with Gasteiger partial charge in [-0.2, -0.15) is 5.26 Å². The molecule has 7 heteroatoms. The molecular weight excluding hydrogens is 284 g/mol. The summed E-state index contributed by atoms with van der Waals surface area (Å²) in [7, 11) is 1.69. The van der Waals surface area contributed by atoms with Gasteiger partial charge in [0.15, 0.2) is 0 Å². The van der Waals surface area contributed by atoms with Gasteiger partial charge in [-0.15, -0.1) is 0 Å². The standard InChI is InChI=1S/C15H20N4O3/c1-22-11-15(4-6-17-7-5-15)10-18-13-3-2-12(9-16)14(8-13)19(20)21/h2-3,8,17-18H,4-7,10-11H2,1H3. The van der Waals surface area contributed by atoms with Crippen LogP contribution in [-0.2, 0) is 4.74 Å². The molecule has 0 atom stereocenters. The van der Waals surface area contributed by atoms with E-state index in [1.807, 2.05) is 6.07 Å². The minimum atomic E-state index is -0.529. The Bertz CT molecular complexity index is 571. The second-order valence-electron chi connectivity index (χ2n) is 5.64. The van der Waals surface area contributed by atoms with Crippen LogP contribution >= 0.6 is 0 Å². The van der Waals surface area contributed by atoms with Crippen molar-refractivity contribution in [1.29, 1.82) is 5.26 Å². The lowest BCUT2D eigenvalue weighted by Gasteiger charge is -2.37. The average Bonchev–Trinajstić information content (AvgIpc) is 2.54. The number of methoxy groups -OCH3 is 1. The van der Waals surface area contributed by atoms with Crippen LogP contribution < -0.4 is 10.6 Å². The van der Waals surface area contributed by atoms with Crippen LogP contribution in [0.1, 0.15) is 18.4 Å². The van der Waals surface area contributed by atoms with E-state index in [4.69, 9.17) is 10.00 Å². The topological polar surface area (TPSA) is 100 Å². The van der Waals surface area contributed by atoms with Crippen molar-refractivity contribution < 1.29 is 9.66 Å². The fraction of sp³-hybridized carbons (Fsp3) is 0.533. The first kappa shape index (κ1) is 16.2. The molecule has 1 aliphatic heterocycles. The van der Waals surface area contributed by atoms with E-state index in [1.165, 1.54) is 12.1 Å². The second kappa shape index (κ2) is 7.20. The summed E-state index contributed by atoms with van der Waals surface area (Å²) >= 11 is 0. The predicted octanol–water partition coefficient (Wildman–Crippen LogP) is 1.89. The Kier molecular flexibility index (Phi) is 5.31. The molecule has 1 fully saturated rings. The van der Waals surface area contributed by atoms with Crippen molar-refractivity contribution in [3.05, 3.63) is 33.9 Å². The number of ether oxygens (including phenoxy) is 1. The molecule has 22 heavy (non-hydrogen) atoms. The zero-order valence-electron chi connectivity index (χ0n) is 12.6. The Morgan fingerprint density at radius 1 is 1.50 bits per heavy atom. The van der Waals surface area contributed by atoms with Gasteiger partial charge in [-0.1, -0.05) is 0 Å². The van der Waals surface area contributed by atoms with Crippen molar-refractivity contribution in [3.63, 3.8) is 0 Å². The van der Waals surface area contributed by atoms with E-state index in [1.54, 1.807) is 13.2 Å². The highest BCUT2D eigenvalue weighted by molar-refractivity contribution is 5.59. The number of nitro benzene ring substituents is 1. The maximum atomic E-state index is 11.0. The quantitative estimate of drug-likeness (QED) is 0.615. The summed E-state index contributed by atoms with van der Waals surface area (Å²) in [5.74, 6) is 0. The second-order valence-corrected chi connectivity index (χ2v) is 5.64. The summed E-state index contributed by atoms with van der Waals surface area (Å²) in [5, 5.41) is 26.5. The number of rotatable bonds is 6. The SMILES string of the molecule is COCC1(CNc2ccc(C#N)c([N+](=O)[O-])c2)CCNCC1. The van der Waals surface area contributed by atoms with E-state index in [0.29, 0.717) is 18.8 Å². The van der Waals surface area contributed by atoms with Crippen molar-refractivity contribution in [3.8, 4) is 6.07 Å². The van der Waals surface area contributed by atoms with Gasteiger partial charge in [0.2, 0.25) is 0 Å². The van der Waals surface area contributed by atoms with Crippen molar-refractivity contribution in [2.45, 2.75) is 12.8 Å². The van der Waals surface area contributed by atoms with Crippen LogP contribution in [0.15, 0.2) is 18.2 Å². The Labute approximate surface area is 129 Å². The lowest BCUT2D eigenvalue weighted by molar-refractivity contribution is -0.385. The van der Waals surface area contributed by atoms with Gasteiger partial charge in [0.05, 0.1) is 11.5 Å². The van der Waals surface area contributed by atoms with E-state index in [0.717, 1.165) is 25.9 Å². The van der Waals surface area contributed by atoms with E-state index in [-0.39, 0.29) is 16.7 Å². The van der Waals surface area contributed by atoms with Crippen LogP contribution in [0.4, 0.5) is 11.4 Å². The van der Waals surface area contributed by atoms with E-state index < -0.39 is 4.92 Å². The molecule has 0 bridgehead atoms. The summed E-state index contributed by atoms with van der Waals surface area (Å²) in [6.45, 7) is 3.22. The average molecular weight is 304 g/mol. The van der Waals surface area contributed by atoms with Crippen LogP contribution in [0.3, 0.4) is 0 Å². The maximum Gasteiger partial charge on any atom is 0.289 e. The Balaban J connectivity index is 2.11. The smallest absolute Gasteiger partial charge is 0.289 e. The van der Waals surface area contributed by atoms with Crippen molar-refractivity contribution >= 4 is 11.4 Å². The first-order valence-electron chi connectivity index (χ1n) is 7.22. The predicted molar refractivity (Wildman–Crippen MR) is 82.7 cm³/mol. The van der Waals surface area contributed by atoms with Crippen LogP contribution in [-0.4, -0.2) is 38.3 Å². The van der Waals surface area contributed by atoms with E-state index in [2.05, 4.69) is 10.6 Å². The zero-order chi connectivity index (χ0) is 16.0. The first-order valence-corrected chi connectivity index (χ1v) is 7.22. The maximum absolute atomic E-state index is 11.0. The molecule has 7 nitrogen and oxygen atoms in total. The third-order valence-corrected chi connectivity index (χ3v) is 4.10. The van der Waals surface area contributed by atoms with Gasteiger partial charge >= 0.3 is 0 Å². The highest BCUT2D eigenvalue weighted by atomic mass is 16.6. The highest BCUT2D eigenvalue weighted by Gasteiger charge is 2.32. The van der Waals surface area contributed by atoms with Crippen molar-refractivity contribution in [2.24, 2.45) is 5.41 Å². The van der Waals surface area contributed by atoms with Crippen LogP contribution in [0.25, 0.3) is 0 Å². The number of nitro groups is 1. The minimum Gasteiger partial charge on any atom is -0.384 e. The van der Waals surface area contributed by atoms with Crippen LogP contribution in [0.2, 0.25) is 0 Å². The third kappa shape index (κ3) is 3.72. The van der Waals surface area contributed by atoms with Gasteiger partial charge in [-0.25, -0.2) is 0 Å². The first-order chi connectivity index (χ1) is 10.6. The summed E-state index contributed by atoms with van der Waals surface area (Å²) in [6.07, 6.45) is 1.98. The molecule has 1 aromatic rings. The molecule has 0 aliphatic carbocycles. The molecule has 0 saturated carbocycles. The molecule has 0 radical (unpaired) electrons. The molecule has 1 aliphatic rings. The molecule has 0 unspecified atom stereocenters. The lowest BCUT2D eigenvalue weighted by atomic mass is 9.79. The van der Waals surface area contributed by atoms with Crippen LogP contribution in [0.5, 0.6) is 0 Å². The molecule has 0 amide bonds. The number of hydrogen-bond donors (Lipinski definition) is 2. The number of nitrogens with zero attached hydrogens (tertiary/aromatic N) is 2. The molecule has 2 N–H and O–H groups in total. The fourth-order valence-corrected chi connectivity index (χ4v) is 2.81. The minimum absolute atomic E-state index is 0.0304. The Morgan fingerprint density at radius 3 is 2.82 bits per heavy atom. The van der Waals surface area contributed by atoms with Gasteiger partial charge in [0.25, 0.3) is 5.69 Å². The third-order valence-electron chi connectivity index (χ3n) is 4.10. The summed E-state index contributed by atoms with van der Waals surface area (Å²) in [6, 6.07) is 6.44. The number of anilines is 1. The number of nitriles is 1. The monoisotopic (exact) mass is 304 g/mol. The zero-order valence-corrected chi connectivity index (χ0v) is 12.6. The fourth-order valence-electron chi connectivity index (χ4n) is 2.81. The van der Waals surface area contributed by atoms with E-state index >= 15 is 0 Å².